The summed E-state index contributed by atoms with van der Waals surface area (Å²) in [6, 6.07) is 22.8. The summed E-state index contributed by atoms with van der Waals surface area (Å²) in [4.78, 5) is 28.5. The molecule has 0 aromatic heterocycles. The van der Waals surface area contributed by atoms with Crippen molar-refractivity contribution in [3.05, 3.63) is 95.2 Å². The van der Waals surface area contributed by atoms with Gasteiger partial charge in [-0.05, 0) is 71.8 Å². The Bertz CT molecular complexity index is 1220. The molecule has 35 heavy (non-hydrogen) atoms. The van der Waals surface area contributed by atoms with Crippen molar-refractivity contribution in [2.45, 2.75) is 46.0 Å². The first-order chi connectivity index (χ1) is 16.9. The van der Waals surface area contributed by atoms with Gasteiger partial charge < -0.3 is 10.1 Å². The third kappa shape index (κ3) is 5.14. The predicted molar refractivity (Wildman–Crippen MR) is 142 cm³/mol. The summed E-state index contributed by atoms with van der Waals surface area (Å²) in [7, 11) is 1.60. The monoisotopic (exact) mass is 468 g/mol. The van der Waals surface area contributed by atoms with Gasteiger partial charge in [0, 0.05) is 5.69 Å². The van der Waals surface area contributed by atoms with Crippen molar-refractivity contribution < 1.29 is 14.3 Å². The molecule has 1 N–H and O–H groups in total. The number of anilines is 2. The van der Waals surface area contributed by atoms with Gasteiger partial charge in [-0.3, -0.25) is 9.59 Å². The molecule has 0 unspecified atom stereocenters. The number of amides is 2. The summed E-state index contributed by atoms with van der Waals surface area (Å²) in [5.74, 6) is 0.380. The molecular formula is C30H32N2O3. The lowest BCUT2D eigenvalue weighted by atomic mass is 10.0. The minimum atomic E-state index is -0.366. The highest BCUT2D eigenvalue weighted by molar-refractivity contribution is 6.46. The van der Waals surface area contributed by atoms with E-state index in [0.717, 1.165) is 24.9 Å². The summed E-state index contributed by atoms with van der Waals surface area (Å²) >= 11 is 0. The lowest BCUT2D eigenvalue weighted by Gasteiger charge is -2.16. The highest BCUT2D eigenvalue weighted by atomic mass is 16.5. The van der Waals surface area contributed by atoms with E-state index in [0.29, 0.717) is 28.5 Å². The van der Waals surface area contributed by atoms with Crippen LogP contribution in [0.4, 0.5) is 11.4 Å². The fourth-order valence-electron chi connectivity index (χ4n) is 4.19. The number of hydrogen-bond donors (Lipinski definition) is 1. The smallest absolute Gasteiger partial charge is 0.282 e. The van der Waals surface area contributed by atoms with Crippen LogP contribution in [0.25, 0.3) is 5.57 Å². The lowest BCUT2D eigenvalue weighted by Crippen LogP contribution is -2.32. The molecule has 0 fully saturated rings. The van der Waals surface area contributed by atoms with E-state index in [1.54, 1.807) is 31.4 Å². The maximum Gasteiger partial charge on any atom is 0.282 e. The molecule has 3 aromatic carbocycles. The van der Waals surface area contributed by atoms with Gasteiger partial charge in [-0.25, -0.2) is 4.90 Å². The molecule has 4 rings (SSSR count). The molecule has 0 aliphatic carbocycles. The first-order valence-corrected chi connectivity index (χ1v) is 12.2. The second kappa shape index (κ2) is 10.6. The number of benzene rings is 3. The first-order valence-electron chi connectivity index (χ1n) is 12.2. The fourth-order valence-corrected chi connectivity index (χ4v) is 4.19. The van der Waals surface area contributed by atoms with Crippen LogP contribution in [0.1, 0.15) is 56.2 Å². The second-order valence-electron chi connectivity index (χ2n) is 9.10. The molecule has 0 saturated carbocycles. The standard InChI is InChI=1S/C30H32N2O3/c1-5-6-7-21-8-16-25(17-9-21)32-29(33)27(23-12-18-26(35-4)19-13-23)28(30(32)34)31-24-14-10-22(11-15-24)20(2)3/h8-20,31H,5-7H2,1-4H3. The molecule has 1 heterocycles. The van der Waals surface area contributed by atoms with E-state index in [4.69, 9.17) is 4.74 Å². The molecule has 0 atom stereocenters. The first kappa shape index (κ1) is 24.3. The van der Waals surface area contributed by atoms with Gasteiger partial charge in [0.15, 0.2) is 0 Å². The highest BCUT2D eigenvalue weighted by Gasteiger charge is 2.40. The van der Waals surface area contributed by atoms with Crippen molar-refractivity contribution in [2.75, 3.05) is 17.3 Å². The SMILES string of the molecule is CCCCc1ccc(N2C(=O)C(Nc3ccc(C(C)C)cc3)=C(c3ccc(OC)cc3)C2=O)cc1. The van der Waals surface area contributed by atoms with E-state index in [9.17, 15) is 9.59 Å². The zero-order valence-corrected chi connectivity index (χ0v) is 20.8. The second-order valence-corrected chi connectivity index (χ2v) is 9.10. The quantitative estimate of drug-likeness (QED) is 0.362. The Morgan fingerprint density at radius 1 is 0.857 bits per heavy atom. The zero-order valence-electron chi connectivity index (χ0n) is 20.8. The molecule has 180 valence electrons. The Balaban J connectivity index is 1.71. The number of nitrogens with one attached hydrogen (secondary N) is 1. The van der Waals surface area contributed by atoms with E-state index in [2.05, 4.69) is 26.1 Å². The Morgan fingerprint density at radius 2 is 1.51 bits per heavy atom. The van der Waals surface area contributed by atoms with Crippen LogP contribution < -0.4 is 15.0 Å². The minimum Gasteiger partial charge on any atom is -0.497 e. The van der Waals surface area contributed by atoms with Gasteiger partial charge in [0.2, 0.25) is 0 Å². The number of aryl methyl sites for hydroxylation is 1. The zero-order chi connectivity index (χ0) is 24.9. The summed E-state index contributed by atoms with van der Waals surface area (Å²) in [6.07, 6.45) is 3.20. The van der Waals surface area contributed by atoms with Crippen molar-refractivity contribution in [1.29, 1.82) is 0 Å². The van der Waals surface area contributed by atoms with Crippen LogP contribution in [0, 0.1) is 0 Å². The molecule has 0 spiro atoms. The van der Waals surface area contributed by atoms with Crippen molar-refractivity contribution in [2.24, 2.45) is 0 Å². The van der Waals surface area contributed by atoms with Gasteiger partial charge in [0.1, 0.15) is 11.4 Å². The summed E-state index contributed by atoms with van der Waals surface area (Å²) in [5, 5.41) is 3.24. The molecule has 1 aliphatic heterocycles. The van der Waals surface area contributed by atoms with Gasteiger partial charge in [-0.15, -0.1) is 0 Å². The summed E-state index contributed by atoms with van der Waals surface area (Å²) in [6.45, 7) is 6.43. The number of methoxy groups -OCH3 is 1. The van der Waals surface area contributed by atoms with Crippen LogP contribution in [0.15, 0.2) is 78.5 Å². The Hall–Kier alpha value is -3.86. The Labute approximate surface area is 207 Å². The third-order valence-electron chi connectivity index (χ3n) is 6.32. The van der Waals surface area contributed by atoms with Gasteiger partial charge >= 0.3 is 0 Å². The van der Waals surface area contributed by atoms with E-state index < -0.39 is 0 Å². The summed E-state index contributed by atoms with van der Waals surface area (Å²) < 4.78 is 5.27. The molecule has 0 radical (unpaired) electrons. The largest absolute Gasteiger partial charge is 0.497 e. The number of nitrogens with zero attached hydrogens (tertiary/aromatic N) is 1. The van der Waals surface area contributed by atoms with E-state index in [1.165, 1.54) is 16.0 Å². The maximum atomic E-state index is 13.6. The van der Waals surface area contributed by atoms with Crippen molar-refractivity contribution >= 4 is 28.8 Å². The van der Waals surface area contributed by atoms with E-state index >= 15 is 0 Å². The highest BCUT2D eigenvalue weighted by Crippen LogP contribution is 2.34. The lowest BCUT2D eigenvalue weighted by molar-refractivity contribution is -0.120. The Morgan fingerprint density at radius 3 is 2.09 bits per heavy atom. The number of imide groups is 1. The normalized spacial score (nSPS) is 13.7. The number of carbonyl (C=O) groups excluding carboxylic acids is 2. The molecule has 2 amide bonds. The van der Waals surface area contributed by atoms with Crippen molar-refractivity contribution in [3.63, 3.8) is 0 Å². The number of ether oxygens (including phenoxy) is 1. The van der Waals surface area contributed by atoms with Gasteiger partial charge in [0.05, 0.1) is 18.4 Å². The predicted octanol–water partition coefficient (Wildman–Crippen LogP) is 6.56. The van der Waals surface area contributed by atoms with E-state index in [1.807, 2.05) is 48.5 Å². The van der Waals surface area contributed by atoms with Crippen LogP contribution in [0.3, 0.4) is 0 Å². The van der Waals surface area contributed by atoms with Crippen LogP contribution >= 0.6 is 0 Å². The molecule has 5 heteroatoms. The molecule has 5 nitrogen and oxygen atoms in total. The summed E-state index contributed by atoms with van der Waals surface area (Å²) in [5.41, 5.74) is 5.01. The molecule has 0 saturated heterocycles. The maximum absolute atomic E-state index is 13.6. The minimum absolute atomic E-state index is 0.271. The average molecular weight is 469 g/mol. The number of unbranched alkanes of at least 4 members (excludes halogenated alkanes) is 1. The average Bonchev–Trinajstić information content (AvgIpc) is 3.12. The van der Waals surface area contributed by atoms with Crippen LogP contribution in [0.2, 0.25) is 0 Å². The molecule has 0 bridgehead atoms. The van der Waals surface area contributed by atoms with E-state index in [-0.39, 0.29) is 17.5 Å². The van der Waals surface area contributed by atoms with Crippen LogP contribution in [0.5, 0.6) is 5.75 Å². The van der Waals surface area contributed by atoms with Gasteiger partial charge in [-0.1, -0.05) is 63.6 Å². The number of hydrogen-bond acceptors (Lipinski definition) is 4. The van der Waals surface area contributed by atoms with Gasteiger partial charge in [0.25, 0.3) is 11.8 Å². The van der Waals surface area contributed by atoms with Crippen LogP contribution in [-0.2, 0) is 16.0 Å². The number of rotatable bonds is 9. The molecule has 1 aliphatic rings. The number of carbonyl (C=O) groups is 2. The van der Waals surface area contributed by atoms with Gasteiger partial charge in [-0.2, -0.15) is 0 Å². The molecular weight excluding hydrogens is 436 g/mol. The fraction of sp³-hybridized carbons (Fsp3) is 0.267. The molecule has 3 aromatic rings. The van der Waals surface area contributed by atoms with Crippen molar-refractivity contribution in [3.8, 4) is 5.75 Å². The Kier molecular flexibility index (Phi) is 7.35. The van der Waals surface area contributed by atoms with Crippen molar-refractivity contribution in [1.82, 2.24) is 0 Å². The third-order valence-corrected chi connectivity index (χ3v) is 6.32. The topological polar surface area (TPSA) is 58.6 Å². The van der Waals surface area contributed by atoms with Crippen LogP contribution in [-0.4, -0.2) is 18.9 Å².